The molecule has 0 N–H and O–H groups in total. The normalized spacial score (nSPS) is 15.2. The number of nitrogens with zero attached hydrogens (tertiary/aromatic N) is 2. The molecule has 1 aliphatic heterocycles. The second-order valence-electron chi connectivity index (χ2n) is 12.2. The van der Waals surface area contributed by atoms with Crippen LogP contribution in [0.4, 0.5) is 0 Å². The van der Waals surface area contributed by atoms with E-state index in [-0.39, 0.29) is 54.6 Å². The van der Waals surface area contributed by atoms with Gasteiger partial charge in [-0.05, 0) is 71.8 Å². The molecule has 0 saturated carbocycles. The summed E-state index contributed by atoms with van der Waals surface area (Å²) in [7, 11) is 0. The zero-order valence-electron chi connectivity index (χ0n) is 27.7. The largest absolute Gasteiger partial charge is 0.426 e. The molecular weight excluding hydrogens is 687 g/mol. The number of carbonyl (C=O) groups excluding carboxylic acids is 3. The van der Waals surface area contributed by atoms with Crippen molar-refractivity contribution in [3.63, 3.8) is 0 Å². The van der Waals surface area contributed by atoms with Gasteiger partial charge in [-0.25, -0.2) is 4.79 Å². The maximum absolute atomic E-state index is 13.5. The van der Waals surface area contributed by atoms with E-state index in [4.69, 9.17) is 38.3 Å². The first-order chi connectivity index (χ1) is 23.3. The van der Waals surface area contributed by atoms with Gasteiger partial charge in [0.05, 0.1) is 25.2 Å². The van der Waals surface area contributed by atoms with Gasteiger partial charge in [0.2, 0.25) is 0 Å². The topological polar surface area (TPSA) is 135 Å². The number of carbonyl (C=O) groups is 3. The number of rotatable bonds is 16. The SMILES string of the molecule is CC(C)Cc1ccc(C(C)C(=O)Cc2ccc(OC(=O)CCCO[N+](=O)[O-])c(C(=O)Oc3ccc(P(=S)(S)N4CCOCC4)cc3)c2)cc1. The minimum atomic E-state index is -2.33. The standard InChI is InChI=1S/C35H41N2O9PS2/c1-24(2)21-26-6-9-28(10-7-26)25(3)32(38)23-27-8-15-33(46-34(39)5-4-18-44-37(41)42)31(22-27)35(40)45-29-11-13-30(14-12-29)47(48,49)36-16-19-43-20-17-36/h6-15,22,24-25H,4-5,16-21,23H2,1-3H3,(H,48,49). The van der Waals surface area contributed by atoms with Crippen LogP contribution in [0.3, 0.4) is 0 Å². The first-order valence-corrected chi connectivity index (χ1v) is 20.0. The van der Waals surface area contributed by atoms with Gasteiger partial charge < -0.3 is 19.0 Å². The molecule has 49 heavy (non-hydrogen) atoms. The number of ketones is 1. The fourth-order valence-corrected chi connectivity index (χ4v) is 8.64. The zero-order valence-corrected chi connectivity index (χ0v) is 30.3. The van der Waals surface area contributed by atoms with E-state index in [1.807, 2.05) is 31.2 Å². The van der Waals surface area contributed by atoms with Crippen molar-refractivity contribution in [3.05, 3.63) is 99.1 Å². The van der Waals surface area contributed by atoms with Gasteiger partial charge in [-0.3, -0.25) is 14.3 Å². The molecular formula is C35H41N2O9PS2. The van der Waals surface area contributed by atoms with Crippen molar-refractivity contribution in [1.29, 1.82) is 0 Å². The number of ether oxygens (including phenoxy) is 3. The molecule has 4 rings (SSSR count). The predicted molar refractivity (Wildman–Crippen MR) is 193 cm³/mol. The molecule has 11 nitrogen and oxygen atoms in total. The van der Waals surface area contributed by atoms with Crippen LogP contribution in [-0.4, -0.2) is 60.4 Å². The van der Waals surface area contributed by atoms with Crippen molar-refractivity contribution < 1.29 is 38.5 Å². The molecule has 1 fully saturated rings. The first kappa shape index (κ1) is 38.2. The van der Waals surface area contributed by atoms with Crippen molar-refractivity contribution in [2.24, 2.45) is 5.92 Å². The van der Waals surface area contributed by atoms with Gasteiger partial charge in [0.25, 0.3) is 5.09 Å². The minimum Gasteiger partial charge on any atom is -0.426 e. The van der Waals surface area contributed by atoms with E-state index < -0.39 is 22.4 Å². The van der Waals surface area contributed by atoms with Gasteiger partial charge in [-0.1, -0.05) is 62.9 Å². The average Bonchev–Trinajstić information content (AvgIpc) is 3.07. The predicted octanol–water partition coefficient (Wildman–Crippen LogP) is 6.11. The van der Waals surface area contributed by atoms with Crippen molar-refractivity contribution in [2.75, 3.05) is 32.9 Å². The maximum atomic E-state index is 13.5. The molecule has 262 valence electrons. The fraction of sp³-hybridized carbons (Fsp3) is 0.400. The highest BCUT2D eigenvalue weighted by Crippen LogP contribution is 2.53. The lowest BCUT2D eigenvalue weighted by molar-refractivity contribution is -0.757. The van der Waals surface area contributed by atoms with Crippen LogP contribution in [0.1, 0.15) is 66.6 Å². The highest BCUT2D eigenvalue weighted by Gasteiger charge is 2.26. The Morgan fingerprint density at radius 3 is 2.27 bits per heavy atom. The van der Waals surface area contributed by atoms with Crippen molar-refractivity contribution in [3.8, 4) is 11.5 Å². The third kappa shape index (κ3) is 11.2. The van der Waals surface area contributed by atoms with Crippen molar-refractivity contribution in [1.82, 2.24) is 4.67 Å². The zero-order chi connectivity index (χ0) is 35.6. The second-order valence-corrected chi connectivity index (χ2v) is 18.5. The van der Waals surface area contributed by atoms with Crippen LogP contribution in [0.15, 0.2) is 66.7 Å². The van der Waals surface area contributed by atoms with Crippen LogP contribution < -0.4 is 14.8 Å². The van der Waals surface area contributed by atoms with Crippen LogP contribution in [-0.2, 0) is 43.8 Å². The molecule has 1 heterocycles. The smallest absolute Gasteiger partial charge is 0.347 e. The summed E-state index contributed by atoms with van der Waals surface area (Å²) in [5.74, 6) is -1.25. The molecule has 3 aromatic rings. The number of thiol groups is 1. The molecule has 0 amide bonds. The molecule has 1 saturated heterocycles. The Bertz CT molecular complexity index is 1680. The van der Waals surface area contributed by atoms with Gasteiger partial charge in [-0.15, -0.1) is 22.4 Å². The number of Topliss-reactive ketones (excluding diaryl/α,β-unsaturated/α-hetero) is 1. The molecule has 0 bridgehead atoms. The number of esters is 2. The lowest BCUT2D eigenvalue weighted by Gasteiger charge is -2.34. The molecule has 0 radical (unpaired) electrons. The summed E-state index contributed by atoms with van der Waals surface area (Å²) < 4.78 is 18.7. The number of hydrogen-bond acceptors (Lipinski definition) is 10. The Morgan fingerprint density at radius 2 is 1.63 bits per heavy atom. The summed E-state index contributed by atoms with van der Waals surface area (Å²) in [4.78, 5) is 54.1. The van der Waals surface area contributed by atoms with Gasteiger partial charge in [0.1, 0.15) is 22.8 Å². The minimum absolute atomic E-state index is 0.0322. The molecule has 0 aliphatic carbocycles. The summed E-state index contributed by atoms with van der Waals surface area (Å²) >= 11 is 10.7. The summed E-state index contributed by atoms with van der Waals surface area (Å²) in [6.45, 7) is 8.42. The summed E-state index contributed by atoms with van der Waals surface area (Å²) in [5.41, 5.74) is 2.59. The molecule has 2 atom stereocenters. The number of benzene rings is 3. The van der Waals surface area contributed by atoms with Gasteiger partial charge in [0.15, 0.2) is 0 Å². The molecule has 0 spiro atoms. The monoisotopic (exact) mass is 728 g/mol. The Morgan fingerprint density at radius 1 is 0.980 bits per heavy atom. The van der Waals surface area contributed by atoms with Gasteiger partial charge in [-0.2, -0.15) is 0 Å². The van der Waals surface area contributed by atoms with Gasteiger partial charge >= 0.3 is 11.9 Å². The highest BCUT2D eigenvalue weighted by molar-refractivity contribution is 8.65. The van der Waals surface area contributed by atoms with Crippen LogP contribution in [0.2, 0.25) is 0 Å². The number of hydrogen-bond donors (Lipinski definition) is 1. The lowest BCUT2D eigenvalue weighted by atomic mass is 9.91. The van der Waals surface area contributed by atoms with Crippen LogP contribution >= 0.6 is 17.6 Å². The maximum Gasteiger partial charge on any atom is 0.347 e. The van der Waals surface area contributed by atoms with E-state index in [1.165, 1.54) is 17.7 Å². The Hall–Kier alpha value is -3.61. The van der Waals surface area contributed by atoms with Crippen LogP contribution in [0.25, 0.3) is 0 Å². The summed E-state index contributed by atoms with van der Waals surface area (Å²) in [6.07, 6.45) is 0.840. The Balaban J connectivity index is 1.51. The molecule has 2 unspecified atom stereocenters. The lowest BCUT2D eigenvalue weighted by Crippen LogP contribution is -2.35. The number of morpholine rings is 1. The Labute approximate surface area is 296 Å². The molecule has 0 aromatic heterocycles. The average molecular weight is 729 g/mol. The van der Waals surface area contributed by atoms with Crippen LogP contribution in [0.5, 0.6) is 11.5 Å². The van der Waals surface area contributed by atoms with E-state index in [9.17, 15) is 24.5 Å². The molecule has 1 aliphatic rings. The van der Waals surface area contributed by atoms with Gasteiger partial charge in [0, 0.05) is 37.2 Å². The highest BCUT2D eigenvalue weighted by atomic mass is 32.9. The fourth-order valence-electron chi connectivity index (χ4n) is 5.28. The third-order valence-electron chi connectivity index (χ3n) is 7.95. The third-order valence-corrected chi connectivity index (χ3v) is 12.9. The van der Waals surface area contributed by atoms with E-state index >= 15 is 0 Å². The second kappa shape index (κ2) is 17.9. The quantitative estimate of drug-likeness (QED) is 0.0348. The van der Waals surface area contributed by atoms with E-state index in [0.29, 0.717) is 37.8 Å². The van der Waals surface area contributed by atoms with Crippen LogP contribution in [0, 0.1) is 16.0 Å². The summed E-state index contributed by atoms with van der Waals surface area (Å²) in [5, 5.41) is 7.97. The van der Waals surface area contributed by atoms with E-state index in [0.717, 1.165) is 17.3 Å². The Kier molecular flexibility index (Phi) is 13.9. The van der Waals surface area contributed by atoms with E-state index in [2.05, 4.69) is 23.4 Å². The van der Waals surface area contributed by atoms with E-state index in [1.54, 1.807) is 30.3 Å². The first-order valence-electron chi connectivity index (χ1n) is 16.0. The molecule has 14 heteroatoms. The van der Waals surface area contributed by atoms with Crippen molar-refractivity contribution in [2.45, 2.75) is 52.4 Å². The molecule has 3 aromatic carbocycles. The summed E-state index contributed by atoms with van der Waals surface area (Å²) in [6, 6.07) is 19.4. The van der Waals surface area contributed by atoms with Crippen molar-refractivity contribution >= 4 is 52.5 Å².